The van der Waals surface area contributed by atoms with E-state index in [4.69, 9.17) is 17.4 Å². The minimum atomic E-state index is -0.337. The van der Waals surface area contributed by atoms with E-state index in [1.54, 1.807) is 12.1 Å². The molecular formula is C18H17ClN4OS. The molecule has 0 aliphatic carbocycles. The average Bonchev–Trinajstić information content (AvgIpc) is 2.61. The van der Waals surface area contributed by atoms with Gasteiger partial charge in [0.1, 0.15) is 5.69 Å². The third-order valence-corrected chi connectivity index (χ3v) is 4.97. The van der Waals surface area contributed by atoms with Crippen LogP contribution >= 0.6 is 23.4 Å². The second-order valence-electron chi connectivity index (χ2n) is 5.68. The molecule has 5 nitrogen and oxygen atoms in total. The van der Waals surface area contributed by atoms with Gasteiger partial charge in [0.25, 0.3) is 5.56 Å². The van der Waals surface area contributed by atoms with Crippen LogP contribution in [0.2, 0.25) is 5.02 Å². The number of benzene rings is 2. The van der Waals surface area contributed by atoms with Crippen LogP contribution in [0, 0.1) is 6.92 Å². The third-order valence-electron chi connectivity index (χ3n) is 3.70. The van der Waals surface area contributed by atoms with Crippen molar-refractivity contribution in [1.29, 1.82) is 0 Å². The first-order valence-corrected chi connectivity index (χ1v) is 9.06. The van der Waals surface area contributed by atoms with Crippen molar-refractivity contribution in [2.45, 2.75) is 24.3 Å². The number of aryl methyl sites for hydroxylation is 1. The fourth-order valence-electron chi connectivity index (χ4n) is 2.26. The van der Waals surface area contributed by atoms with Gasteiger partial charge in [0, 0.05) is 17.2 Å². The Bertz CT molecular complexity index is 923. The number of nitrogens with two attached hydrogens (primary N) is 1. The Morgan fingerprint density at radius 2 is 1.68 bits per heavy atom. The lowest BCUT2D eigenvalue weighted by atomic mass is 10.1. The zero-order valence-corrected chi connectivity index (χ0v) is 15.2. The van der Waals surface area contributed by atoms with Gasteiger partial charge in [0.05, 0.1) is 0 Å². The van der Waals surface area contributed by atoms with E-state index >= 15 is 0 Å². The first kappa shape index (κ1) is 17.5. The van der Waals surface area contributed by atoms with E-state index in [0.717, 1.165) is 15.8 Å². The van der Waals surface area contributed by atoms with E-state index in [-0.39, 0.29) is 5.56 Å². The van der Waals surface area contributed by atoms with E-state index < -0.39 is 0 Å². The van der Waals surface area contributed by atoms with Crippen molar-refractivity contribution >= 4 is 23.4 Å². The molecule has 0 aliphatic rings. The van der Waals surface area contributed by atoms with Gasteiger partial charge in [-0.05, 0) is 30.2 Å². The summed E-state index contributed by atoms with van der Waals surface area (Å²) >= 11 is 7.25. The van der Waals surface area contributed by atoms with Gasteiger partial charge in [-0.2, -0.15) is 4.68 Å². The fourth-order valence-corrected chi connectivity index (χ4v) is 3.19. The normalized spacial score (nSPS) is 10.8. The van der Waals surface area contributed by atoms with Crippen LogP contribution in [0.3, 0.4) is 0 Å². The number of halogens is 1. The second-order valence-corrected chi connectivity index (χ2v) is 7.06. The highest BCUT2D eigenvalue weighted by atomic mass is 35.5. The molecule has 128 valence electrons. The molecule has 7 heteroatoms. The SMILES string of the molecule is Cc1ccc(CSc2nnc(Cc3ccc(Cl)cc3)c(=O)n2N)cc1. The molecule has 3 aromatic rings. The first-order valence-electron chi connectivity index (χ1n) is 7.69. The van der Waals surface area contributed by atoms with Gasteiger partial charge >= 0.3 is 0 Å². The van der Waals surface area contributed by atoms with Crippen molar-refractivity contribution in [2.75, 3.05) is 5.84 Å². The smallest absolute Gasteiger partial charge is 0.294 e. The predicted molar refractivity (Wildman–Crippen MR) is 101 cm³/mol. The molecule has 0 saturated carbocycles. The maximum Gasteiger partial charge on any atom is 0.294 e. The molecule has 0 atom stereocenters. The van der Waals surface area contributed by atoms with Crippen molar-refractivity contribution in [3.8, 4) is 0 Å². The molecule has 0 radical (unpaired) electrons. The fraction of sp³-hybridized carbons (Fsp3) is 0.167. The Labute approximate surface area is 154 Å². The first-order chi connectivity index (χ1) is 12.0. The number of rotatable bonds is 5. The van der Waals surface area contributed by atoms with Crippen LogP contribution in [0.25, 0.3) is 0 Å². The summed E-state index contributed by atoms with van der Waals surface area (Å²) in [6.07, 6.45) is 0.364. The van der Waals surface area contributed by atoms with Crippen molar-refractivity contribution < 1.29 is 0 Å². The molecule has 25 heavy (non-hydrogen) atoms. The largest absolute Gasteiger partial charge is 0.334 e. The summed E-state index contributed by atoms with van der Waals surface area (Å²) in [6, 6.07) is 15.4. The summed E-state index contributed by atoms with van der Waals surface area (Å²) in [5, 5.41) is 9.22. The number of hydrogen-bond acceptors (Lipinski definition) is 5. The number of nitrogen functional groups attached to an aromatic ring is 1. The summed E-state index contributed by atoms with van der Waals surface area (Å²) in [5.41, 5.74) is 3.24. The highest BCUT2D eigenvalue weighted by Gasteiger charge is 2.11. The standard InChI is InChI=1S/C18H17ClN4OS/c1-12-2-4-14(5-3-12)11-25-18-22-21-16(17(24)23(18)20)10-13-6-8-15(19)9-7-13/h2-9H,10-11,20H2,1H3. The van der Waals surface area contributed by atoms with Gasteiger partial charge in [-0.3, -0.25) is 4.79 Å². The third kappa shape index (κ3) is 4.41. The topological polar surface area (TPSA) is 73.8 Å². The lowest BCUT2D eigenvalue weighted by Gasteiger charge is -2.08. The Hall–Kier alpha value is -2.31. The van der Waals surface area contributed by atoms with Crippen LogP contribution in [0.1, 0.15) is 22.4 Å². The molecule has 2 aromatic carbocycles. The van der Waals surface area contributed by atoms with E-state index in [2.05, 4.69) is 10.2 Å². The van der Waals surface area contributed by atoms with Crippen molar-refractivity contribution in [2.24, 2.45) is 0 Å². The summed E-state index contributed by atoms with van der Waals surface area (Å²) in [7, 11) is 0. The van der Waals surface area contributed by atoms with Crippen LogP contribution in [-0.4, -0.2) is 14.9 Å². The van der Waals surface area contributed by atoms with Gasteiger partial charge in [-0.25, -0.2) is 0 Å². The predicted octanol–water partition coefficient (Wildman–Crippen LogP) is 3.20. The van der Waals surface area contributed by atoms with E-state index in [1.807, 2.05) is 43.3 Å². The van der Waals surface area contributed by atoms with Crippen LogP contribution in [0.15, 0.2) is 58.5 Å². The summed E-state index contributed by atoms with van der Waals surface area (Å²) in [6.45, 7) is 2.04. The van der Waals surface area contributed by atoms with Crippen LogP contribution < -0.4 is 11.4 Å². The molecule has 0 spiro atoms. The number of aromatic nitrogens is 3. The van der Waals surface area contributed by atoms with Crippen molar-refractivity contribution in [3.05, 3.63) is 86.3 Å². The van der Waals surface area contributed by atoms with Crippen molar-refractivity contribution in [1.82, 2.24) is 14.9 Å². The maximum atomic E-state index is 12.4. The van der Waals surface area contributed by atoms with Crippen molar-refractivity contribution in [3.63, 3.8) is 0 Å². The van der Waals surface area contributed by atoms with Gasteiger partial charge in [0.15, 0.2) is 0 Å². The van der Waals surface area contributed by atoms with Crippen LogP contribution in [0.5, 0.6) is 0 Å². The minimum absolute atomic E-state index is 0.310. The molecule has 1 aromatic heterocycles. The molecule has 0 amide bonds. The number of nitrogens with zero attached hydrogens (tertiary/aromatic N) is 3. The summed E-state index contributed by atoms with van der Waals surface area (Å²) in [5.74, 6) is 6.58. The highest BCUT2D eigenvalue weighted by molar-refractivity contribution is 7.98. The molecule has 0 fully saturated rings. The minimum Gasteiger partial charge on any atom is -0.334 e. The molecule has 0 aliphatic heterocycles. The Balaban J connectivity index is 1.74. The van der Waals surface area contributed by atoms with E-state index in [9.17, 15) is 4.79 Å². The maximum absolute atomic E-state index is 12.4. The monoisotopic (exact) mass is 372 g/mol. The molecule has 0 unspecified atom stereocenters. The quantitative estimate of drug-likeness (QED) is 0.550. The lowest BCUT2D eigenvalue weighted by molar-refractivity contribution is 0.672. The van der Waals surface area contributed by atoms with Gasteiger partial charge < -0.3 is 5.84 Å². The van der Waals surface area contributed by atoms with E-state index in [0.29, 0.717) is 28.0 Å². The molecule has 0 saturated heterocycles. The number of thioether (sulfide) groups is 1. The van der Waals surface area contributed by atoms with Gasteiger partial charge in [0.2, 0.25) is 5.16 Å². The molecule has 0 bridgehead atoms. The van der Waals surface area contributed by atoms with Gasteiger partial charge in [-0.15, -0.1) is 10.2 Å². The molecule has 1 heterocycles. The molecular weight excluding hydrogens is 356 g/mol. The second kappa shape index (κ2) is 7.72. The average molecular weight is 373 g/mol. The summed E-state index contributed by atoms with van der Waals surface area (Å²) in [4.78, 5) is 12.4. The van der Waals surface area contributed by atoms with Crippen LogP contribution in [0.4, 0.5) is 0 Å². The molecule has 2 N–H and O–H groups in total. The summed E-state index contributed by atoms with van der Waals surface area (Å²) < 4.78 is 1.07. The Morgan fingerprint density at radius 3 is 2.36 bits per heavy atom. The number of hydrogen-bond donors (Lipinski definition) is 1. The zero-order chi connectivity index (χ0) is 17.8. The Morgan fingerprint density at radius 1 is 1.04 bits per heavy atom. The lowest BCUT2D eigenvalue weighted by Crippen LogP contribution is -2.33. The highest BCUT2D eigenvalue weighted by Crippen LogP contribution is 2.19. The zero-order valence-electron chi connectivity index (χ0n) is 13.6. The van der Waals surface area contributed by atoms with Gasteiger partial charge in [-0.1, -0.05) is 65.3 Å². The van der Waals surface area contributed by atoms with Crippen LogP contribution in [-0.2, 0) is 12.2 Å². The van der Waals surface area contributed by atoms with E-state index in [1.165, 1.54) is 17.3 Å². The molecule has 3 rings (SSSR count). The Kier molecular flexibility index (Phi) is 5.40.